The number of rotatable bonds is 7. The monoisotopic (exact) mass is 265 g/mol. The van der Waals surface area contributed by atoms with Crippen LogP contribution < -0.4 is 5.32 Å². The van der Waals surface area contributed by atoms with E-state index in [1.54, 1.807) is 19.2 Å². The molecule has 2 N–H and O–H groups in total. The molecule has 1 amide bonds. The summed E-state index contributed by atoms with van der Waals surface area (Å²) in [5.74, 6) is -1.32. The van der Waals surface area contributed by atoms with Crippen molar-refractivity contribution in [1.82, 2.24) is 5.32 Å². The normalized spacial score (nSPS) is 11.9. The van der Waals surface area contributed by atoms with E-state index in [1.165, 1.54) is 12.1 Å². The van der Waals surface area contributed by atoms with E-state index < -0.39 is 5.97 Å². The molecule has 0 fully saturated rings. The Labute approximate surface area is 112 Å². The summed E-state index contributed by atoms with van der Waals surface area (Å²) in [6.07, 6.45) is 1.75. The van der Waals surface area contributed by atoms with Gasteiger partial charge in [0.05, 0.1) is 18.2 Å². The van der Waals surface area contributed by atoms with E-state index in [-0.39, 0.29) is 17.5 Å². The molecule has 0 aliphatic heterocycles. The van der Waals surface area contributed by atoms with E-state index in [2.05, 4.69) is 5.32 Å². The maximum absolute atomic E-state index is 12.0. The molecule has 0 saturated heterocycles. The molecule has 19 heavy (non-hydrogen) atoms. The molecular weight excluding hydrogens is 246 g/mol. The molecule has 5 heteroatoms. The summed E-state index contributed by atoms with van der Waals surface area (Å²) in [5.41, 5.74) is 0.448. The number of carboxylic acids is 1. The standard InChI is InChI=1S/C14H19NO4/c1-3-5-12(9-19-2)15-13(16)10-6-4-7-11(8-10)14(17)18/h4,6-8,12H,3,5,9H2,1-2H3,(H,15,16)(H,17,18). The van der Waals surface area contributed by atoms with Gasteiger partial charge in [-0.1, -0.05) is 19.4 Å². The molecule has 0 radical (unpaired) electrons. The van der Waals surface area contributed by atoms with E-state index in [4.69, 9.17) is 9.84 Å². The second-order valence-corrected chi connectivity index (χ2v) is 4.30. The van der Waals surface area contributed by atoms with E-state index >= 15 is 0 Å². The summed E-state index contributed by atoms with van der Waals surface area (Å²) >= 11 is 0. The molecule has 1 atom stereocenters. The molecule has 1 aromatic carbocycles. The van der Waals surface area contributed by atoms with Crippen LogP contribution in [0.5, 0.6) is 0 Å². The van der Waals surface area contributed by atoms with Crippen LogP contribution in [0.4, 0.5) is 0 Å². The van der Waals surface area contributed by atoms with E-state index in [0.717, 1.165) is 12.8 Å². The fraction of sp³-hybridized carbons (Fsp3) is 0.429. The third-order valence-electron chi connectivity index (χ3n) is 2.71. The first-order valence-corrected chi connectivity index (χ1v) is 6.21. The van der Waals surface area contributed by atoms with Gasteiger partial charge < -0.3 is 15.2 Å². The molecule has 0 saturated carbocycles. The molecule has 0 bridgehead atoms. The number of amides is 1. The fourth-order valence-corrected chi connectivity index (χ4v) is 1.81. The highest BCUT2D eigenvalue weighted by Crippen LogP contribution is 2.07. The summed E-state index contributed by atoms with van der Waals surface area (Å²) in [7, 11) is 1.58. The third kappa shape index (κ3) is 4.71. The molecule has 0 aliphatic carbocycles. The van der Waals surface area contributed by atoms with Crippen molar-refractivity contribution in [3.05, 3.63) is 35.4 Å². The van der Waals surface area contributed by atoms with Crippen LogP contribution in [0, 0.1) is 0 Å². The van der Waals surface area contributed by atoms with Crippen LogP contribution in [0.25, 0.3) is 0 Å². The topological polar surface area (TPSA) is 75.6 Å². The first-order valence-electron chi connectivity index (χ1n) is 6.21. The Morgan fingerprint density at radius 2 is 2.05 bits per heavy atom. The molecular formula is C14H19NO4. The quantitative estimate of drug-likeness (QED) is 0.790. The highest BCUT2D eigenvalue weighted by atomic mass is 16.5. The van der Waals surface area contributed by atoms with Gasteiger partial charge in [0.15, 0.2) is 0 Å². The van der Waals surface area contributed by atoms with Gasteiger partial charge in [-0.2, -0.15) is 0 Å². The molecule has 5 nitrogen and oxygen atoms in total. The first kappa shape index (κ1) is 15.2. The zero-order valence-corrected chi connectivity index (χ0v) is 11.2. The van der Waals surface area contributed by atoms with E-state index in [0.29, 0.717) is 12.2 Å². The smallest absolute Gasteiger partial charge is 0.335 e. The van der Waals surface area contributed by atoms with Crippen LogP contribution in [0.2, 0.25) is 0 Å². The summed E-state index contributed by atoms with van der Waals surface area (Å²) in [6, 6.07) is 5.92. The van der Waals surface area contributed by atoms with Crippen molar-refractivity contribution in [2.24, 2.45) is 0 Å². The van der Waals surface area contributed by atoms with Crippen LogP contribution in [-0.4, -0.2) is 36.7 Å². The van der Waals surface area contributed by atoms with Crippen molar-refractivity contribution in [3.8, 4) is 0 Å². The molecule has 104 valence electrons. The minimum Gasteiger partial charge on any atom is -0.478 e. The number of aromatic carboxylic acids is 1. The molecule has 1 rings (SSSR count). The lowest BCUT2D eigenvalue weighted by Gasteiger charge is -2.17. The number of hydrogen-bond acceptors (Lipinski definition) is 3. The van der Waals surface area contributed by atoms with Gasteiger partial charge in [-0.05, 0) is 24.6 Å². The predicted octanol–water partition coefficient (Wildman–Crippen LogP) is 1.93. The molecule has 0 aromatic heterocycles. The number of hydrogen-bond donors (Lipinski definition) is 2. The zero-order valence-electron chi connectivity index (χ0n) is 11.2. The molecule has 1 aromatic rings. The van der Waals surface area contributed by atoms with Crippen LogP contribution in [0.15, 0.2) is 24.3 Å². The van der Waals surface area contributed by atoms with Gasteiger partial charge >= 0.3 is 5.97 Å². The van der Waals surface area contributed by atoms with Gasteiger partial charge in [0.1, 0.15) is 0 Å². The van der Waals surface area contributed by atoms with Crippen molar-refractivity contribution in [3.63, 3.8) is 0 Å². The van der Waals surface area contributed by atoms with E-state index in [9.17, 15) is 9.59 Å². The molecule has 1 unspecified atom stereocenters. The van der Waals surface area contributed by atoms with Crippen LogP contribution in [-0.2, 0) is 4.74 Å². The Morgan fingerprint density at radius 1 is 1.37 bits per heavy atom. The third-order valence-corrected chi connectivity index (χ3v) is 2.71. The SMILES string of the molecule is CCCC(COC)NC(=O)c1cccc(C(=O)O)c1. The number of ether oxygens (including phenoxy) is 1. The summed E-state index contributed by atoms with van der Waals surface area (Å²) < 4.78 is 5.05. The highest BCUT2D eigenvalue weighted by Gasteiger charge is 2.14. The number of benzene rings is 1. The molecule has 0 aliphatic rings. The number of carboxylic acid groups (broad SMARTS) is 1. The lowest BCUT2D eigenvalue weighted by molar-refractivity contribution is 0.0697. The van der Waals surface area contributed by atoms with Crippen LogP contribution in [0.1, 0.15) is 40.5 Å². The molecule has 0 spiro atoms. The van der Waals surface area contributed by atoms with Gasteiger partial charge in [0.25, 0.3) is 5.91 Å². The van der Waals surface area contributed by atoms with Crippen LogP contribution >= 0.6 is 0 Å². The van der Waals surface area contributed by atoms with Gasteiger partial charge in [-0.3, -0.25) is 4.79 Å². The Bertz CT molecular complexity index is 439. The Hall–Kier alpha value is -1.88. The predicted molar refractivity (Wildman–Crippen MR) is 71.4 cm³/mol. The second-order valence-electron chi connectivity index (χ2n) is 4.30. The Balaban J connectivity index is 2.76. The minimum atomic E-state index is -1.04. The van der Waals surface area contributed by atoms with Crippen LogP contribution in [0.3, 0.4) is 0 Å². The van der Waals surface area contributed by atoms with Gasteiger partial charge in [-0.15, -0.1) is 0 Å². The first-order chi connectivity index (χ1) is 9.08. The average molecular weight is 265 g/mol. The van der Waals surface area contributed by atoms with Crippen molar-refractivity contribution < 1.29 is 19.4 Å². The second kappa shape index (κ2) is 7.53. The van der Waals surface area contributed by atoms with Crippen molar-refractivity contribution >= 4 is 11.9 Å². The van der Waals surface area contributed by atoms with E-state index in [1.807, 2.05) is 6.92 Å². The number of methoxy groups -OCH3 is 1. The number of carbonyl (C=O) groups is 2. The van der Waals surface area contributed by atoms with Gasteiger partial charge in [-0.25, -0.2) is 4.79 Å². The zero-order chi connectivity index (χ0) is 14.3. The van der Waals surface area contributed by atoms with Gasteiger partial charge in [0.2, 0.25) is 0 Å². The van der Waals surface area contributed by atoms with Gasteiger partial charge in [0, 0.05) is 12.7 Å². The maximum Gasteiger partial charge on any atom is 0.335 e. The number of nitrogens with one attached hydrogen (secondary N) is 1. The largest absolute Gasteiger partial charge is 0.478 e. The Kier molecular flexibility index (Phi) is 6.02. The lowest BCUT2D eigenvalue weighted by Crippen LogP contribution is -2.38. The summed E-state index contributed by atoms with van der Waals surface area (Å²) in [5, 5.41) is 11.7. The maximum atomic E-state index is 12.0. The Morgan fingerprint density at radius 3 is 2.63 bits per heavy atom. The average Bonchev–Trinajstić information content (AvgIpc) is 2.39. The summed E-state index contributed by atoms with van der Waals surface area (Å²) in [4.78, 5) is 22.9. The lowest BCUT2D eigenvalue weighted by atomic mass is 10.1. The highest BCUT2D eigenvalue weighted by molar-refractivity contribution is 5.97. The van der Waals surface area contributed by atoms with Crippen molar-refractivity contribution in [2.45, 2.75) is 25.8 Å². The molecule has 0 heterocycles. The number of carbonyl (C=O) groups excluding carboxylic acids is 1. The minimum absolute atomic E-state index is 0.0593. The van der Waals surface area contributed by atoms with Crippen molar-refractivity contribution in [1.29, 1.82) is 0 Å². The van der Waals surface area contributed by atoms with Crippen molar-refractivity contribution in [2.75, 3.05) is 13.7 Å². The summed E-state index contributed by atoms with van der Waals surface area (Å²) in [6.45, 7) is 2.47. The fourth-order valence-electron chi connectivity index (χ4n) is 1.81.